The first-order chi connectivity index (χ1) is 13.2. The standard InChI is InChI=1S/C21H41N5O/c1-3-13-23-20(27)17-26-15-11-19(12-16-26)25-21(22-2)24-14-7-6-10-18-8-4-5-9-18/h18-19H,3-17H2,1-2H3,(H,23,27)(H2,22,24,25). The number of hydrogen-bond donors (Lipinski definition) is 3. The van der Waals surface area contributed by atoms with E-state index in [-0.39, 0.29) is 5.91 Å². The number of guanidine groups is 1. The number of likely N-dealkylation sites (tertiary alicyclic amines) is 1. The van der Waals surface area contributed by atoms with E-state index in [9.17, 15) is 4.79 Å². The van der Waals surface area contributed by atoms with E-state index in [0.29, 0.717) is 12.6 Å². The molecule has 2 fully saturated rings. The summed E-state index contributed by atoms with van der Waals surface area (Å²) < 4.78 is 0. The number of carbonyl (C=O) groups excluding carboxylic acids is 1. The predicted molar refractivity (Wildman–Crippen MR) is 113 cm³/mol. The van der Waals surface area contributed by atoms with Crippen LogP contribution >= 0.6 is 0 Å². The lowest BCUT2D eigenvalue weighted by Crippen LogP contribution is -2.50. The highest BCUT2D eigenvalue weighted by Crippen LogP contribution is 2.28. The van der Waals surface area contributed by atoms with Gasteiger partial charge in [0.05, 0.1) is 6.54 Å². The molecule has 156 valence electrons. The van der Waals surface area contributed by atoms with E-state index in [4.69, 9.17) is 0 Å². The molecule has 1 amide bonds. The van der Waals surface area contributed by atoms with Gasteiger partial charge < -0.3 is 16.0 Å². The fraction of sp³-hybridized carbons (Fsp3) is 0.905. The fourth-order valence-corrected chi connectivity index (χ4v) is 4.21. The van der Waals surface area contributed by atoms with Gasteiger partial charge in [0.25, 0.3) is 0 Å². The van der Waals surface area contributed by atoms with Gasteiger partial charge in [0.2, 0.25) is 5.91 Å². The Kier molecular flexibility index (Phi) is 10.6. The molecule has 2 aliphatic rings. The summed E-state index contributed by atoms with van der Waals surface area (Å²) in [7, 11) is 1.85. The van der Waals surface area contributed by atoms with Gasteiger partial charge in [-0.25, -0.2) is 0 Å². The zero-order valence-corrected chi connectivity index (χ0v) is 17.6. The zero-order chi connectivity index (χ0) is 19.3. The lowest BCUT2D eigenvalue weighted by molar-refractivity contribution is -0.122. The summed E-state index contributed by atoms with van der Waals surface area (Å²) in [6, 6.07) is 0.449. The van der Waals surface area contributed by atoms with Crippen molar-refractivity contribution in [2.24, 2.45) is 10.9 Å². The molecule has 0 spiro atoms. The topological polar surface area (TPSA) is 68.8 Å². The van der Waals surface area contributed by atoms with Crippen molar-refractivity contribution in [1.29, 1.82) is 0 Å². The minimum absolute atomic E-state index is 0.151. The van der Waals surface area contributed by atoms with E-state index < -0.39 is 0 Å². The number of rotatable bonds is 10. The highest BCUT2D eigenvalue weighted by Gasteiger charge is 2.21. The summed E-state index contributed by atoms with van der Waals surface area (Å²) in [6.45, 7) is 6.32. The summed E-state index contributed by atoms with van der Waals surface area (Å²) in [5.74, 6) is 2.07. The lowest BCUT2D eigenvalue weighted by Gasteiger charge is -2.32. The molecule has 0 aromatic carbocycles. The Morgan fingerprint density at radius 3 is 2.44 bits per heavy atom. The highest BCUT2D eigenvalue weighted by atomic mass is 16.2. The molecule has 0 aromatic rings. The first-order valence-electron chi connectivity index (χ1n) is 11.2. The van der Waals surface area contributed by atoms with Crippen molar-refractivity contribution in [2.75, 3.05) is 39.8 Å². The van der Waals surface area contributed by atoms with Crippen molar-refractivity contribution >= 4 is 11.9 Å². The second-order valence-electron chi connectivity index (χ2n) is 8.19. The Balaban J connectivity index is 1.54. The first kappa shape index (κ1) is 22.0. The van der Waals surface area contributed by atoms with Crippen molar-refractivity contribution in [2.45, 2.75) is 77.2 Å². The second-order valence-corrected chi connectivity index (χ2v) is 8.19. The monoisotopic (exact) mass is 379 g/mol. The molecule has 1 heterocycles. The Morgan fingerprint density at radius 1 is 1.04 bits per heavy atom. The van der Waals surface area contributed by atoms with E-state index >= 15 is 0 Å². The number of nitrogens with one attached hydrogen (secondary N) is 3. The van der Waals surface area contributed by atoms with Crippen molar-refractivity contribution in [3.63, 3.8) is 0 Å². The van der Waals surface area contributed by atoms with Gasteiger partial charge in [-0.3, -0.25) is 14.7 Å². The summed E-state index contributed by atoms with van der Waals surface area (Å²) >= 11 is 0. The van der Waals surface area contributed by atoms with Gasteiger partial charge in [-0.2, -0.15) is 0 Å². The summed E-state index contributed by atoms with van der Waals surface area (Å²) in [5, 5.41) is 9.99. The third-order valence-corrected chi connectivity index (χ3v) is 5.90. The van der Waals surface area contributed by atoms with Gasteiger partial charge in [-0.15, -0.1) is 0 Å². The summed E-state index contributed by atoms with van der Waals surface area (Å²) in [4.78, 5) is 18.5. The molecule has 6 heteroatoms. The molecule has 1 aliphatic carbocycles. The molecule has 6 nitrogen and oxygen atoms in total. The number of piperidine rings is 1. The maximum atomic E-state index is 11.8. The molecule has 1 aliphatic heterocycles. The SMILES string of the molecule is CCCNC(=O)CN1CCC(NC(=NC)NCCCCC2CCCC2)CC1. The molecular weight excluding hydrogens is 338 g/mol. The molecule has 1 saturated heterocycles. The van der Waals surface area contributed by atoms with Crippen LogP contribution in [0.4, 0.5) is 0 Å². The molecular formula is C21H41N5O. The number of amides is 1. The van der Waals surface area contributed by atoms with Crippen LogP contribution in [-0.4, -0.2) is 62.6 Å². The van der Waals surface area contributed by atoms with Gasteiger partial charge >= 0.3 is 0 Å². The summed E-state index contributed by atoms with van der Waals surface area (Å²) in [6.07, 6.45) is 12.9. The maximum absolute atomic E-state index is 11.8. The van der Waals surface area contributed by atoms with Crippen LogP contribution in [0.3, 0.4) is 0 Å². The van der Waals surface area contributed by atoms with Gasteiger partial charge in [0.1, 0.15) is 0 Å². The van der Waals surface area contributed by atoms with Crippen LogP contribution < -0.4 is 16.0 Å². The number of carbonyl (C=O) groups is 1. The minimum Gasteiger partial charge on any atom is -0.356 e. The van der Waals surface area contributed by atoms with E-state index in [1.807, 2.05) is 7.05 Å². The average molecular weight is 380 g/mol. The van der Waals surface area contributed by atoms with Crippen LogP contribution in [-0.2, 0) is 4.79 Å². The normalized spacial score (nSPS) is 20.0. The van der Waals surface area contributed by atoms with Crippen LogP contribution in [0.15, 0.2) is 4.99 Å². The Labute approximate surface area is 165 Å². The van der Waals surface area contributed by atoms with Crippen molar-refractivity contribution < 1.29 is 4.79 Å². The van der Waals surface area contributed by atoms with Crippen molar-refractivity contribution in [3.05, 3.63) is 0 Å². The number of nitrogens with zero attached hydrogens (tertiary/aromatic N) is 2. The zero-order valence-electron chi connectivity index (χ0n) is 17.6. The quantitative estimate of drug-likeness (QED) is 0.310. The molecule has 0 aromatic heterocycles. The maximum Gasteiger partial charge on any atom is 0.234 e. The molecule has 0 unspecified atom stereocenters. The number of unbranched alkanes of at least 4 members (excludes halogenated alkanes) is 1. The van der Waals surface area contributed by atoms with Gasteiger partial charge in [-0.05, 0) is 31.6 Å². The summed E-state index contributed by atoms with van der Waals surface area (Å²) in [5.41, 5.74) is 0. The molecule has 0 atom stereocenters. The van der Waals surface area contributed by atoms with Gasteiger partial charge in [0.15, 0.2) is 5.96 Å². The van der Waals surface area contributed by atoms with Crippen LogP contribution in [0, 0.1) is 5.92 Å². The molecule has 0 radical (unpaired) electrons. The minimum atomic E-state index is 0.151. The van der Waals surface area contributed by atoms with E-state index in [1.165, 1.54) is 44.9 Å². The van der Waals surface area contributed by atoms with Crippen LogP contribution in [0.25, 0.3) is 0 Å². The van der Waals surface area contributed by atoms with E-state index in [2.05, 4.69) is 32.8 Å². The third-order valence-electron chi connectivity index (χ3n) is 5.90. The Morgan fingerprint density at radius 2 is 1.78 bits per heavy atom. The smallest absolute Gasteiger partial charge is 0.234 e. The van der Waals surface area contributed by atoms with Crippen molar-refractivity contribution in [1.82, 2.24) is 20.9 Å². The molecule has 0 bridgehead atoms. The van der Waals surface area contributed by atoms with Crippen LogP contribution in [0.5, 0.6) is 0 Å². The molecule has 3 N–H and O–H groups in total. The molecule has 2 rings (SSSR count). The van der Waals surface area contributed by atoms with Crippen molar-refractivity contribution in [3.8, 4) is 0 Å². The van der Waals surface area contributed by atoms with Crippen LogP contribution in [0.1, 0.15) is 71.1 Å². The molecule has 1 saturated carbocycles. The Bertz CT molecular complexity index is 440. The van der Waals surface area contributed by atoms with Gasteiger partial charge in [-0.1, -0.05) is 45.4 Å². The first-order valence-corrected chi connectivity index (χ1v) is 11.2. The highest BCUT2D eigenvalue weighted by molar-refractivity contribution is 5.80. The fourth-order valence-electron chi connectivity index (χ4n) is 4.21. The second kappa shape index (κ2) is 13.0. The number of aliphatic imine (C=N–C) groups is 1. The van der Waals surface area contributed by atoms with E-state index in [0.717, 1.165) is 57.3 Å². The number of hydrogen-bond acceptors (Lipinski definition) is 3. The Hall–Kier alpha value is -1.30. The average Bonchev–Trinajstić information content (AvgIpc) is 3.20. The van der Waals surface area contributed by atoms with Crippen LogP contribution in [0.2, 0.25) is 0 Å². The van der Waals surface area contributed by atoms with E-state index in [1.54, 1.807) is 0 Å². The predicted octanol–water partition coefficient (Wildman–Crippen LogP) is 2.50. The third kappa shape index (κ3) is 8.96. The lowest BCUT2D eigenvalue weighted by atomic mass is 10.0. The molecule has 27 heavy (non-hydrogen) atoms. The largest absolute Gasteiger partial charge is 0.356 e. The van der Waals surface area contributed by atoms with Gasteiger partial charge in [0, 0.05) is 39.3 Å².